The Morgan fingerprint density at radius 3 is 2.41 bits per heavy atom. The van der Waals surface area contributed by atoms with Crippen molar-refractivity contribution in [3.05, 3.63) is 12.7 Å². The van der Waals surface area contributed by atoms with Crippen LogP contribution in [0, 0.1) is 0 Å². The Balaban J connectivity index is 1.61. The zero-order chi connectivity index (χ0) is 15.4. The molecule has 3 aliphatic rings. The zero-order valence-corrected chi connectivity index (χ0v) is 13.5. The summed E-state index contributed by atoms with van der Waals surface area (Å²) < 4.78 is 5.30. The minimum absolute atomic E-state index is 0.143. The van der Waals surface area contributed by atoms with Gasteiger partial charge in [-0.25, -0.2) is 4.79 Å². The molecule has 1 saturated heterocycles. The van der Waals surface area contributed by atoms with Gasteiger partial charge in [0.2, 0.25) is 0 Å². The van der Waals surface area contributed by atoms with Gasteiger partial charge in [-0.3, -0.25) is 15.1 Å². The summed E-state index contributed by atoms with van der Waals surface area (Å²) in [6, 6.07) is 1.36. The highest BCUT2D eigenvalue weighted by atomic mass is 16.5. The molecule has 1 aliphatic heterocycles. The van der Waals surface area contributed by atoms with Crippen LogP contribution in [0.4, 0.5) is 0 Å². The lowest BCUT2D eigenvalue weighted by atomic mass is 10.1. The highest BCUT2D eigenvalue weighted by molar-refractivity contribution is 5.81. The molecule has 0 bridgehead atoms. The molecule has 0 spiro atoms. The lowest BCUT2D eigenvalue weighted by molar-refractivity contribution is -0.142. The Bertz CT molecular complexity index is 389. The molecule has 0 aromatic carbocycles. The Morgan fingerprint density at radius 2 is 1.77 bits per heavy atom. The number of carbonyl (C=O) groups is 1. The predicted molar refractivity (Wildman–Crippen MR) is 86.0 cm³/mol. The van der Waals surface area contributed by atoms with E-state index in [0.29, 0.717) is 12.6 Å². The fourth-order valence-corrected chi connectivity index (χ4v) is 4.19. The molecule has 2 aliphatic carbocycles. The van der Waals surface area contributed by atoms with E-state index in [1.54, 1.807) is 0 Å². The van der Waals surface area contributed by atoms with E-state index in [-0.39, 0.29) is 12.1 Å². The average Bonchev–Trinajstić information content (AvgIpc) is 3.25. The van der Waals surface area contributed by atoms with Gasteiger partial charge in [0.25, 0.3) is 0 Å². The second-order valence-corrected chi connectivity index (χ2v) is 6.83. The van der Waals surface area contributed by atoms with Gasteiger partial charge in [0.05, 0.1) is 19.5 Å². The molecule has 0 aromatic rings. The molecule has 1 heterocycles. The highest BCUT2D eigenvalue weighted by Gasteiger charge is 2.36. The van der Waals surface area contributed by atoms with Crippen molar-refractivity contribution < 1.29 is 9.53 Å². The second kappa shape index (κ2) is 7.57. The predicted octanol–water partition coefficient (Wildman–Crippen LogP) is 2.05. The van der Waals surface area contributed by atoms with Crippen molar-refractivity contribution in [2.75, 3.05) is 19.9 Å². The fraction of sp³-hybridized carbons (Fsp3) is 0.824. The molecule has 2 saturated carbocycles. The van der Waals surface area contributed by atoms with Crippen LogP contribution in [0.3, 0.4) is 0 Å². The van der Waals surface area contributed by atoms with Gasteiger partial charge in [-0.2, -0.15) is 0 Å². The average molecular weight is 307 g/mol. The summed E-state index contributed by atoms with van der Waals surface area (Å²) in [5.74, 6) is -0.327. The van der Waals surface area contributed by atoms with Crippen LogP contribution in [-0.2, 0) is 9.53 Å². The van der Waals surface area contributed by atoms with Crippen LogP contribution in [0.25, 0.3) is 0 Å². The van der Waals surface area contributed by atoms with Crippen LogP contribution in [0.5, 0.6) is 0 Å². The van der Waals surface area contributed by atoms with Crippen molar-refractivity contribution in [3.8, 4) is 0 Å². The minimum atomic E-state index is -0.327. The van der Waals surface area contributed by atoms with Crippen LogP contribution in [0.1, 0.15) is 51.4 Å². The van der Waals surface area contributed by atoms with E-state index in [1.165, 1.54) is 57.4 Å². The van der Waals surface area contributed by atoms with Crippen molar-refractivity contribution in [3.63, 3.8) is 0 Å². The first-order chi connectivity index (χ1) is 10.8. The molecule has 1 unspecified atom stereocenters. The third-order valence-corrected chi connectivity index (χ3v) is 5.46. The van der Waals surface area contributed by atoms with Crippen LogP contribution < -0.4 is 5.32 Å². The third kappa shape index (κ3) is 3.70. The summed E-state index contributed by atoms with van der Waals surface area (Å²) in [7, 11) is 0. The van der Waals surface area contributed by atoms with E-state index in [1.807, 2.05) is 0 Å². The molecule has 124 valence electrons. The van der Waals surface area contributed by atoms with Crippen LogP contribution in [0.15, 0.2) is 12.7 Å². The Kier molecular flexibility index (Phi) is 5.50. The van der Waals surface area contributed by atoms with Crippen molar-refractivity contribution in [1.82, 2.24) is 15.1 Å². The number of carbonyl (C=O) groups excluding carboxylic acids is 1. The Morgan fingerprint density at radius 1 is 1.14 bits per heavy atom. The first kappa shape index (κ1) is 16.0. The molecule has 0 amide bonds. The lowest BCUT2D eigenvalue weighted by Gasteiger charge is -2.46. The van der Waals surface area contributed by atoms with Crippen molar-refractivity contribution in [2.45, 2.75) is 69.6 Å². The van der Waals surface area contributed by atoms with Crippen molar-refractivity contribution >= 4 is 5.97 Å². The van der Waals surface area contributed by atoms with Crippen LogP contribution in [0.2, 0.25) is 0 Å². The maximum atomic E-state index is 11.4. The Hall–Kier alpha value is -0.910. The van der Waals surface area contributed by atoms with Gasteiger partial charge >= 0.3 is 5.97 Å². The minimum Gasteiger partial charge on any atom is -0.459 e. The van der Waals surface area contributed by atoms with Gasteiger partial charge in [0.1, 0.15) is 6.61 Å². The van der Waals surface area contributed by atoms with Crippen LogP contribution >= 0.6 is 0 Å². The van der Waals surface area contributed by atoms with E-state index in [9.17, 15) is 4.79 Å². The van der Waals surface area contributed by atoms with Crippen molar-refractivity contribution in [2.24, 2.45) is 0 Å². The smallest absolute Gasteiger partial charge is 0.330 e. The summed E-state index contributed by atoms with van der Waals surface area (Å²) in [4.78, 5) is 16.5. The summed E-state index contributed by atoms with van der Waals surface area (Å²) in [5, 5.41) is 3.59. The molecule has 5 nitrogen and oxygen atoms in total. The number of nitrogens with zero attached hydrogens (tertiary/aromatic N) is 2. The maximum absolute atomic E-state index is 11.4. The molecule has 0 aromatic heterocycles. The number of hydrogen-bond acceptors (Lipinski definition) is 5. The number of rotatable bonds is 5. The quantitative estimate of drug-likeness (QED) is 0.622. The van der Waals surface area contributed by atoms with E-state index >= 15 is 0 Å². The standard InChI is InChI=1S/C17H29N3O2/c1-2-17(21)22-11-16-18-12-19(14-7-3-4-8-14)13-20(16)15-9-5-6-10-15/h2,14-16,18H,1,3-13H2. The molecule has 3 rings (SSSR count). The maximum Gasteiger partial charge on any atom is 0.330 e. The molecule has 5 heteroatoms. The fourth-order valence-electron chi connectivity index (χ4n) is 4.19. The number of hydrogen-bond donors (Lipinski definition) is 1. The van der Waals surface area contributed by atoms with E-state index in [4.69, 9.17) is 4.74 Å². The Labute approximate surface area is 133 Å². The first-order valence-corrected chi connectivity index (χ1v) is 8.80. The van der Waals surface area contributed by atoms with Gasteiger partial charge in [-0.05, 0) is 25.7 Å². The number of nitrogens with one attached hydrogen (secondary N) is 1. The summed E-state index contributed by atoms with van der Waals surface area (Å²) in [6.07, 6.45) is 12.0. The molecule has 1 N–H and O–H groups in total. The molecule has 0 radical (unpaired) electrons. The van der Waals surface area contributed by atoms with Crippen LogP contribution in [-0.4, -0.2) is 54.0 Å². The highest BCUT2D eigenvalue weighted by Crippen LogP contribution is 2.29. The van der Waals surface area contributed by atoms with Gasteiger partial charge in [-0.1, -0.05) is 32.3 Å². The summed E-state index contributed by atoms with van der Waals surface area (Å²) in [6.45, 7) is 5.80. The molecule has 1 atom stereocenters. The van der Waals surface area contributed by atoms with Gasteiger partial charge in [0, 0.05) is 18.2 Å². The van der Waals surface area contributed by atoms with Gasteiger partial charge in [0.15, 0.2) is 0 Å². The second-order valence-electron chi connectivity index (χ2n) is 6.83. The number of esters is 1. The number of ether oxygens (including phenoxy) is 1. The molecular weight excluding hydrogens is 278 g/mol. The van der Waals surface area contributed by atoms with E-state index < -0.39 is 0 Å². The van der Waals surface area contributed by atoms with Gasteiger partial charge < -0.3 is 4.74 Å². The normalized spacial score (nSPS) is 29.0. The molecule has 22 heavy (non-hydrogen) atoms. The lowest BCUT2D eigenvalue weighted by Crippen LogP contribution is -2.64. The topological polar surface area (TPSA) is 44.8 Å². The van der Waals surface area contributed by atoms with Gasteiger partial charge in [-0.15, -0.1) is 0 Å². The zero-order valence-electron chi connectivity index (χ0n) is 13.5. The van der Waals surface area contributed by atoms with E-state index in [2.05, 4.69) is 21.7 Å². The SMILES string of the molecule is C=CC(=O)OCC1NCN(C2CCCC2)CN1C1CCCC1. The third-order valence-electron chi connectivity index (χ3n) is 5.46. The molecule has 3 fully saturated rings. The van der Waals surface area contributed by atoms with E-state index in [0.717, 1.165) is 19.4 Å². The van der Waals surface area contributed by atoms with Crippen molar-refractivity contribution in [1.29, 1.82) is 0 Å². The monoisotopic (exact) mass is 307 g/mol. The molecular formula is C17H29N3O2. The summed E-state index contributed by atoms with van der Waals surface area (Å²) in [5.41, 5.74) is 0. The first-order valence-electron chi connectivity index (χ1n) is 8.80. The largest absolute Gasteiger partial charge is 0.459 e. The summed E-state index contributed by atoms with van der Waals surface area (Å²) >= 11 is 0.